The van der Waals surface area contributed by atoms with Gasteiger partial charge in [-0.3, -0.25) is 14.4 Å². The molecule has 2 rings (SSSR count). The van der Waals surface area contributed by atoms with Crippen molar-refractivity contribution in [1.82, 2.24) is 10.6 Å². The number of halogens is 3. The van der Waals surface area contributed by atoms with E-state index in [1.54, 1.807) is 0 Å². The van der Waals surface area contributed by atoms with Crippen molar-refractivity contribution in [2.45, 2.75) is 44.7 Å². The Labute approximate surface area is 177 Å². The molecule has 170 valence electrons. The van der Waals surface area contributed by atoms with Crippen LogP contribution in [0.4, 0.5) is 13.2 Å². The van der Waals surface area contributed by atoms with Gasteiger partial charge >= 0.3 is 18.1 Å². The van der Waals surface area contributed by atoms with E-state index in [4.69, 9.17) is 0 Å². The number of nitrogens with one attached hydrogen (secondary N) is 2. The summed E-state index contributed by atoms with van der Waals surface area (Å²) in [6, 6.07) is 5.68. The topological polar surface area (TPSA) is 102 Å². The van der Waals surface area contributed by atoms with E-state index in [1.165, 1.54) is 31.2 Å². The number of carbonyl (C=O) groups is 4. The summed E-state index contributed by atoms with van der Waals surface area (Å²) in [4.78, 5) is 47.0. The fourth-order valence-corrected chi connectivity index (χ4v) is 3.23. The lowest BCUT2D eigenvalue weighted by Crippen LogP contribution is -2.31. The second-order valence-electron chi connectivity index (χ2n) is 7.49. The summed E-state index contributed by atoms with van der Waals surface area (Å²) in [7, 11) is 0. The molecule has 0 spiro atoms. The molecule has 1 aliphatic rings. The van der Waals surface area contributed by atoms with Crippen LogP contribution >= 0.6 is 0 Å². The summed E-state index contributed by atoms with van der Waals surface area (Å²) in [6.07, 6.45) is -2.15. The average Bonchev–Trinajstić information content (AvgIpc) is 2.75. The van der Waals surface area contributed by atoms with Gasteiger partial charge in [-0.15, -0.1) is 0 Å². The Balaban J connectivity index is 1.86. The van der Waals surface area contributed by atoms with Crippen LogP contribution < -0.4 is 10.6 Å². The average molecular weight is 442 g/mol. The molecule has 0 aliphatic carbocycles. The van der Waals surface area contributed by atoms with Crippen LogP contribution in [0.5, 0.6) is 0 Å². The first-order chi connectivity index (χ1) is 14.6. The van der Waals surface area contributed by atoms with Gasteiger partial charge in [0.2, 0.25) is 5.91 Å². The number of benzene rings is 1. The molecule has 1 unspecified atom stereocenters. The van der Waals surface area contributed by atoms with Crippen molar-refractivity contribution in [3.05, 3.63) is 35.4 Å². The Morgan fingerprint density at radius 2 is 1.87 bits per heavy atom. The van der Waals surface area contributed by atoms with Gasteiger partial charge in [-0.25, -0.2) is 4.79 Å². The van der Waals surface area contributed by atoms with Gasteiger partial charge in [0.1, 0.15) is 0 Å². The van der Waals surface area contributed by atoms with Crippen molar-refractivity contribution in [2.24, 2.45) is 5.92 Å². The normalized spacial score (nSPS) is 15.7. The number of esters is 2. The number of hydrogen-bond donors (Lipinski definition) is 2. The lowest BCUT2D eigenvalue weighted by molar-refractivity contribution is -0.202. The monoisotopic (exact) mass is 442 g/mol. The van der Waals surface area contributed by atoms with E-state index in [0.717, 1.165) is 32.4 Å². The van der Waals surface area contributed by atoms with Crippen LogP contribution in [0.1, 0.15) is 54.4 Å². The number of amides is 1. The molecule has 31 heavy (non-hydrogen) atoms. The van der Waals surface area contributed by atoms with Gasteiger partial charge < -0.3 is 15.4 Å². The molecule has 0 radical (unpaired) electrons. The molecule has 1 amide bonds. The van der Waals surface area contributed by atoms with Gasteiger partial charge in [0.25, 0.3) is 0 Å². The summed E-state index contributed by atoms with van der Waals surface area (Å²) < 4.78 is 40.6. The summed E-state index contributed by atoms with van der Waals surface area (Å²) in [6.45, 7) is 2.91. The SMILES string of the molecule is CC(C(=O)OC(=O)C(F)(F)F)c1cccc(C(=O)CNC(=O)CCC2CCNCC2)c1. The molecule has 2 N–H and O–H groups in total. The minimum absolute atomic E-state index is 0.179. The molecule has 1 aromatic rings. The third-order valence-corrected chi connectivity index (χ3v) is 5.17. The molecule has 1 atom stereocenters. The molecule has 0 aromatic heterocycles. The van der Waals surface area contributed by atoms with Crippen molar-refractivity contribution in [3.8, 4) is 0 Å². The van der Waals surface area contributed by atoms with Crippen molar-refractivity contribution in [1.29, 1.82) is 0 Å². The smallest absolute Gasteiger partial charge is 0.386 e. The number of alkyl halides is 3. The van der Waals surface area contributed by atoms with Gasteiger partial charge in [0, 0.05) is 12.0 Å². The first-order valence-electron chi connectivity index (χ1n) is 10.0. The number of piperidine rings is 1. The Morgan fingerprint density at radius 1 is 1.19 bits per heavy atom. The third kappa shape index (κ3) is 7.78. The van der Waals surface area contributed by atoms with Crippen molar-refractivity contribution in [3.63, 3.8) is 0 Å². The van der Waals surface area contributed by atoms with Crippen LogP contribution in [-0.4, -0.2) is 49.4 Å². The van der Waals surface area contributed by atoms with E-state index >= 15 is 0 Å². The van der Waals surface area contributed by atoms with Crippen molar-refractivity contribution >= 4 is 23.6 Å². The number of rotatable bonds is 8. The highest BCUT2D eigenvalue weighted by atomic mass is 19.4. The quantitative estimate of drug-likeness (QED) is 0.365. The van der Waals surface area contributed by atoms with E-state index in [2.05, 4.69) is 15.4 Å². The first kappa shape index (κ1) is 24.5. The minimum atomic E-state index is -5.28. The highest BCUT2D eigenvalue weighted by Crippen LogP contribution is 2.22. The van der Waals surface area contributed by atoms with E-state index < -0.39 is 29.8 Å². The van der Waals surface area contributed by atoms with Crippen LogP contribution in [0.2, 0.25) is 0 Å². The highest BCUT2D eigenvalue weighted by Gasteiger charge is 2.43. The fourth-order valence-electron chi connectivity index (χ4n) is 3.23. The predicted octanol–water partition coefficient (Wildman–Crippen LogP) is 2.50. The van der Waals surface area contributed by atoms with Gasteiger partial charge in [-0.1, -0.05) is 18.2 Å². The Bertz CT molecular complexity index is 819. The largest absolute Gasteiger partial charge is 0.491 e. The van der Waals surface area contributed by atoms with E-state index in [9.17, 15) is 32.3 Å². The lowest BCUT2D eigenvalue weighted by Gasteiger charge is -2.22. The number of hydrogen-bond acceptors (Lipinski definition) is 6. The highest BCUT2D eigenvalue weighted by molar-refractivity contribution is 6.00. The van der Waals surface area contributed by atoms with Gasteiger partial charge in [0.05, 0.1) is 12.5 Å². The molecule has 1 saturated heterocycles. The molecule has 0 saturated carbocycles. The van der Waals surface area contributed by atoms with Gasteiger partial charge in [-0.2, -0.15) is 13.2 Å². The van der Waals surface area contributed by atoms with E-state index in [0.29, 0.717) is 12.3 Å². The molecule has 1 fully saturated rings. The van der Waals surface area contributed by atoms with Crippen molar-refractivity contribution < 1.29 is 37.1 Å². The van der Waals surface area contributed by atoms with Crippen LogP contribution in [0.25, 0.3) is 0 Å². The van der Waals surface area contributed by atoms with Crippen LogP contribution in [0.3, 0.4) is 0 Å². The molecule has 1 aliphatic heterocycles. The molecule has 0 bridgehead atoms. The van der Waals surface area contributed by atoms with E-state index in [1.807, 2.05) is 0 Å². The predicted molar refractivity (Wildman–Crippen MR) is 104 cm³/mol. The number of ether oxygens (including phenoxy) is 1. The van der Waals surface area contributed by atoms with Crippen LogP contribution in [0.15, 0.2) is 24.3 Å². The van der Waals surface area contributed by atoms with Crippen molar-refractivity contribution in [2.75, 3.05) is 19.6 Å². The Hall–Kier alpha value is -2.75. The summed E-state index contributed by atoms with van der Waals surface area (Å²) in [5, 5.41) is 5.82. The Morgan fingerprint density at radius 3 is 2.52 bits per heavy atom. The zero-order chi connectivity index (χ0) is 23.0. The zero-order valence-electron chi connectivity index (χ0n) is 17.1. The summed E-state index contributed by atoms with van der Waals surface area (Å²) in [5.41, 5.74) is 0.390. The number of ketones is 1. The van der Waals surface area contributed by atoms with Crippen LogP contribution in [0, 0.1) is 5.92 Å². The summed E-state index contributed by atoms with van der Waals surface area (Å²) >= 11 is 0. The van der Waals surface area contributed by atoms with Crippen LogP contribution in [-0.2, 0) is 19.1 Å². The van der Waals surface area contributed by atoms with Gasteiger partial charge in [0.15, 0.2) is 5.78 Å². The fraction of sp³-hybridized carbons (Fsp3) is 0.524. The molecule has 7 nitrogen and oxygen atoms in total. The summed E-state index contributed by atoms with van der Waals surface area (Å²) in [5.74, 6) is -5.32. The molecule has 1 aromatic carbocycles. The second-order valence-corrected chi connectivity index (χ2v) is 7.49. The number of carbonyl (C=O) groups excluding carboxylic acids is 4. The maximum atomic E-state index is 12.4. The number of Topliss-reactive ketones (excluding diaryl/α,β-unsaturated/α-hetero) is 1. The third-order valence-electron chi connectivity index (χ3n) is 5.17. The molecular formula is C21H25F3N2O5. The van der Waals surface area contributed by atoms with Gasteiger partial charge in [-0.05, 0) is 56.8 Å². The molecular weight excluding hydrogens is 417 g/mol. The standard InChI is InChI=1S/C21H25F3N2O5/c1-13(19(29)31-20(30)21(22,23)24)15-3-2-4-16(11-15)17(27)12-26-18(28)6-5-14-7-9-25-10-8-14/h2-4,11,13-14,25H,5-10,12H2,1H3,(H,26,28). The minimum Gasteiger partial charge on any atom is -0.386 e. The maximum absolute atomic E-state index is 12.4. The zero-order valence-corrected chi connectivity index (χ0v) is 17.1. The lowest BCUT2D eigenvalue weighted by atomic mass is 9.93. The Kier molecular flexibility index (Phi) is 8.73. The second kappa shape index (κ2) is 11.0. The molecule has 1 heterocycles. The maximum Gasteiger partial charge on any atom is 0.491 e. The first-order valence-corrected chi connectivity index (χ1v) is 10.0. The molecule has 10 heteroatoms. The van der Waals surface area contributed by atoms with E-state index in [-0.39, 0.29) is 23.6 Å².